The van der Waals surface area contributed by atoms with Gasteiger partial charge in [-0.15, -0.1) is 0 Å². The average molecular weight is 741 g/mol. The lowest BCUT2D eigenvalue weighted by Gasteiger charge is -2.27. The van der Waals surface area contributed by atoms with Crippen molar-refractivity contribution in [2.24, 2.45) is 0 Å². The van der Waals surface area contributed by atoms with Crippen LogP contribution in [0.3, 0.4) is 0 Å². The van der Waals surface area contributed by atoms with Gasteiger partial charge in [0, 0.05) is 33.5 Å². The smallest absolute Gasteiger partial charge is 0.0547 e. The molecular formula is C56H40N2. The lowest BCUT2D eigenvalue weighted by molar-refractivity contribution is 1.14. The Bertz CT molecular complexity index is 3100. The van der Waals surface area contributed by atoms with E-state index in [1.807, 2.05) is 0 Å². The van der Waals surface area contributed by atoms with Crippen molar-refractivity contribution in [3.05, 3.63) is 241 Å². The van der Waals surface area contributed by atoms with E-state index in [0.29, 0.717) is 0 Å². The van der Waals surface area contributed by atoms with Crippen LogP contribution in [0.2, 0.25) is 0 Å². The maximum Gasteiger partial charge on any atom is 0.0547 e. The zero-order valence-electron chi connectivity index (χ0n) is 32.1. The van der Waals surface area contributed by atoms with Crippen LogP contribution in [-0.2, 0) is 12.8 Å². The second-order valence-electron chi connectivity index (χ2n) is 15.3. The molecule has 1 aliphatic rings. The molecule has 1 heterocycles. The first-order chi connectivity index (χ1) is 28.8. The Kier molecular flexibility index (Phi) is 8.33. The molecule has 11 rings (SSSR count). The molecule has 0 fully saturated rings. The van der Waals surface area contributed by atoms with E-state index in [1.165, 1.54) is 83.1 Å². The Morgan fingerprint density at radius 1 is 0.310 bits per heavy atom. The molecule has 2 heteroatoms. The van der Waals surface area contributed by atoms with Gasteiger partial charge in [-0.1, -0.05) is 158 Å². The van der Waals surface area contributed by atoms with E-state index in [2.05, 4.69) is 228 Å². The fraction of sp³-hybridized carbons (Fsp3) is 0.0357. The number of para-hydroxylation sites is 3. The van der Waals surface area contributed by atoms with Crippen LogP contribution in [0.25, 0.3) is 60.9 Å². The standard InChI is InChI=1S/C56H40N2/c1-3-18-45(19-4-1)57(47-30-27-39(28-31-47)40-29-33-54-53-25-13-14-26-55(53)58(56(54)38-40)46-20-5-2-6-21-46)48-32-34-52-44(37-48)36-43-17-9-11-23-50(43)49-22-10-7-15-41(49)35-42-16-8-12-24-51(42)52/h1-34,37-38H,35-36H2. The molecule has 1 aliphatic carbocycles. The van der Waals surface area contributed by atoms with E-state index < -0.39 is 0 Å². The maximum atomic E-state index is 2.42. The van der Waals surface area contributed by atoms with Crippen molar-refractivity contribution < 1.29 is 0 Å². The molecule has 0 atom stereocenters. The minimum Gasteiger partial charge on any atom is -0.310 e. The van der Waals surface area contributed by atoms with Gasteiger partial charge in [0.15, 0.2) is 0 Å². The molecule has 0 radical (unpaired) electrons. The zero-order valence-corrected chi connectivity index (χ0v) is 32.1. The van der Waals surface area contributed by atoms with E-state index in [4.69, 9.17) is 0 Å². The predicted molar refractivity (Wildman–Crippen MR) is 244 cm³/mol. The Labute approximate surface area is 339 Å². The lowest BCUT2D eigenvalue weighted by atomic mass is 9.84. The molecule has 10 aromatic rings. The highest BCUT2D eigenvalue weighted by atomic mass is 15.1. The average Bonchev–Trinajstić information content (AvgIpc) is 3.62. The van der Waals surface area contributed by atoms with Gasteiger partial charge in [-0.3, -0.25) is 0 Å². The van der Waals surface area contributed by atoms with Crippen molar-refractivity contribution in [1.82, 2.24) is 4.57 Å². The van der Waals surface area contributed by atoms with Gasteiger partial charge in [0.25, 0.3) is 0 Å². The fourth-order valence-electron chi connectivity index (χ4n) is 9.18. The SMILES string of the molecule is c1ccc(N(c2ccc(-c3ccc4c5ccccc5n(-c5ccccc5)c4c3)cc2)c2ccc3c(c2)Cc2ccccc2-c2ccccc2Cc2ccccc2-3)cc1. The summed E-state index contributed by atoms with van der Waals surface area (Å²) in [6.07, 6.45) is 1.71. The van der Waals surface area contributed by atoms with Gasteiger partial charge in [0.1, 0.15) is 0 Å². The topological polar surface area (TPSA) is 8.17 Å². The van der Waals surface area contributed by atoms with Crippen LogP contribution in [0.4, 0.5) is 17.1 Å². The highest BCUT2D eigenvalue weighted by molar-refractivity contribution is 6.10. The summed E-state index contributed by atoms with van der Waals surface area (Å²) >= 11 is 0. The largest absolute Gasteiger partial charge is 0.310 e. The van der Waals surface area contributed by atoms with Gasteiger partial charge in [0.05, 0.1) is 11.0 Å². The van der Waals surface area contributed by atoms with Crippen LogP contribution in [0.1, 0.15) is 22.3 Å². The van der Waals surface area contributed by atoms with Crippen LogP contribution in [-0.4, -0.2) is 4.57 Å². The fourth-order valence-corrected chi connectivity index (χ4v) is 9.18. The second kappa shape index (κ2) is 14.3. The first-order valence-corrected chi connectivity index (χ1v) is 20.2. The number of nitrogens with zero attached hydrogens (tertiary/aromatic N) is 2. The number of aromatic nitrogens is 1. The van der Waals surface area contributed by atoms with Crippen molar-refractivity contribution in [2.75, 3.05) is 4.90 Å². The van der Waals surface area contributed by atoms with Crippen molar-refractivity contribution in [3.63, 3.8) is 0 Å². The Morgan fingerprint density at radius 3 is 1.47 bits per heavy atom. The van der Waals surface area contributed by atoms with Crippen LogP contribution in [0, 0.1) is 0 Å². The molecular weight excluding hydrogens is 701 g/mol. The predicted octanol–water partition coefficient (Wildman–Crippen LogP) is 14.7. The third-order valence-corrected chi connectivity index (χ3v) is 11.9. The van der Waals surface area contributed by atoms with Crippen LogP contribution < -0.4 is 4.90 Å². The van der Waals surface area contributed by atoms with Crippen LogP contribution in [0.5, 0.6) is 0 Å². The summed E-state index contributed by atoms with van der Waals surface area (Å²) < 4.78 is 2.39. The number of hydrogen-bond acceptors (Lipinski definition) is 1. The van der Waals surface area contributed by atoms with Gasteiger partial charge < -0.3 is 9.47 Å². The van der Waals surface area contributed by atoms with Gasteiger partial charge in [-0.05, 0) is 129 Å². The number of hydrogen-bond donors (Lipinski definition) is 0. The Balaban J connectivity index is 1.03. The normalized spacial score (nSPS) is 12.0. The first kappa shape index (κ1) is 33.9. The molecule has 0 amide bonds. The lowest BCUT2D eigenvalue weighted by Crippen LogP contribution is -2.11. The minimum atomic E-state index is 0.825. The van der Waals surface area contributed by atoms with E-state index in [1.54, 1.807) is 0 Å². The molecule has 274 valence electrons. The summed E-state index contributed by atoms with van der Waals surface area (Å²) in [5.74, 6) is 0. The summed E-state index contributed by atoms with van der Waals surface area (Å²) in [6, 6.07) is 80.1. The molecule has 0 spiro atoms. The van der Waals surface area contributed by atoms with Gasteiger partial charge >= 0.3 is 0 Å². The third kappa shape index (κ3) is 5.90. The number of fused-ring (bicyclic) bond motifs is 9. The third-order valence-electron chi connectivity index (χ3n) is 11.9. The molecule has 58 heavy (non-hydrogen) atoms. The highest BCUT2D eigenvalue weighted by Crippen LogP contribution is 2.42. The summed E-state index contributed by atoms with van der Waals surface area (Å²) in [7, 11) is 0. The van der Waals surface area contributed by atoms with E-state index in [-0.39, 0.29) is 0 Å². The van der Waals surface area contributed by atoms with Gasteiger partial charge in [0.2, 0.25) is 0 Å². The van der Waals surface area contributed by atoms with Crippen molar-refractivity contribution in [3.8, 4) is 39.1 Å². The summed E-state index contributed by atoms with van der Waals surface area (Å²) in [4.78, 5) is 2.40. The van der Waals surface area contributed by atoms with Gasteiger partial charge in [-0.2, -0.15) is 0 Å². The molecule has 0 N–H and O–H groups in total. The van der Waals surface area contributed by atoms with E-state index in [9.17, 15) is 0 Å². The van der Waals surface area contributed by atoms with Crippen molar-refractivity contribution in [2.45, 2.75) is 12.8 Å². The van der Waals surface area contributed by atoms with Crippen molar-refractivity contribution in [1.29, 1.82) is 0 Å². The monoisotopic (exact) mass is 740 g/mol. The zero-order chi connectivity index (χ0) is 38.4. The molecule has 2 nitrogen and oxygen atoms in total. The molecule has 0 unspecified atom stereocenters. The quantitative estimate of drug-likeness (QED) is 0.171. The second-order valence-corrected chi connectivity index (χ2v) is 15.3. The Hall–Kier alpha value is -7.42. The molecule has 0 aliphatic heterocycles. The summed E-state index contributed by atoms with van der Waals surface area (Å²) in [5, 5.41) is 2.52. The number of rotatable bonds is 5. The van der Waals surface area contributed by atoms with Crippen LogP contribution in [0.15, 0.2) is 218 Å². The molecule has 9 aromatic carbocycles. The molecule has 0 saturated carbocycles. The molecule has 0 bridgehead atoms. The maximum absolute atomic E-state index is 2.42. The highest BCUT2D eigenvalue weighted by Gasteiger charge is 2.21. The van der Waals surface area contributed by atoms with Crippen LogP contribution >= 0.6 is 0 Å². The summed E-state index contributed by atoms with van der Waals surface area (Å²) in [5.41, 5.74) is 19.9. The Morgan fingerprint density at radius 2 is 0.793 bits per heavy atom. The summed E-state index contributed by atoms with van der Waals surface area (Å²) in [6.45, 7) is 0. The van der Waals surface area contributed by atoms with E-state index in [0.717, 1.165) is 29.9 Å². The van der Waals surface area contributed by atoms with E-state index >= 15 is 0 Å². The minimum absolute atomic E-state index is 0.825. The molecule has 0 saturated heterocycles. The van der Waals surface area contributed by atoms with Crippen molar-refractivity contribution >= 4 is 38.9 Å². The molecule has 1 aromatic heterocycles. The van der Waals surface area contributed by atoms with Gasteiger partial charge in [-0.25, -0.2) is 0 Å². The number of benzene rings is 9. The number of anilines is 3. The first-order valence-electron chi connectivity index (χ1n) is 20.2.